The van der Waals surface area contributed by atoms with Crippen molar-refractivity contribution in [2.45, 2.75) is 25.3 Å². The molecule has 3 aromatic rings. The first kappa shape index (κ1) is 17.9. The summed E-state index contributed by atoms with van der Waals surface area (Å²) in [5, 5.41) is 12.7. The van der Waals surface area contributed by atoms with Gasteiger partial charge in [-0.15, -0.1) is 0 Å². The van der Waals surface area contributed by atoms with E-state index in [0.29, 0.717) is 34.5 Å². The Balaban J connectivity index is 1.54. The average Bonchev–Trinajstić information content (AvgIpc) is 3.37. The van der Waals surface area contributed by atoms with E-state index < -0.39 is 11.8 Å². The molecule has 0 unspecified atom stereocenters. The Bertz CT molecular complexity index is 1210. The average molecular weight is 404 g/mol. The number of anilines is 2. The van der Waals surface area contributed by atoms with Crippen LogP contribution in [0.2, 0.25) is 0 Å². The van der Waals surface area contributed by atoms with Gasteiger partial charge in [-0.2, -0.15) is 9.61 Å². The van der Waals surface area contributed by atoms with Crippen molar-refractivity contribution in [1.82, 2.24) is 29.9 Å². The molecule has 3 amide bonds. The zero-order valence-electron chi connectivity index (χ0n) is 15.6. The fourth-order valence-electron chi connectivity index (χ4n) is 3.10. The first-order valence-electron chi connectivity index (χ1n) is 9.34. The smallest absolute Gasteiger partial charge is 0.275 e. The molecule has 2 aliphatic rings. The number of carbonyl (C=O) groups is 3. The van der Waals surface area contributed by atoms with Gasteiger partial charge in [0, 0.05) is 29.4 Å². The maximum Gasteiger partial charge on any atom is 0.275 e. The Hall–Kier alpha value is -4.15. The molecule has 30 heavy (non-hydrogen) atoms. The molecule has 150 valence electrons. The molecule has 3 N–H and O–H groups in total. The van der Waals surface area contributed by atoms with Gasteiger partial charge in [-0.1, -0.05) is 0 Å². The van der Waals surface area contributed by atoms with Crippen molar-refractivity contribution in [1.29, 1.82) is 0 Å². The highest BCUT2D eigenvalue weighted by atomic mass is 16.2. The van der Waals surface area contributed by atoms with Crippen LogP contribution in [0, 0.1) is 0 Å². The molecule has 1 aliphatic carbocycles. The highest BCUT2D eigenvalue weighted by Crippen LogP contribution is 2.28. The number of hydrogen-bond acceptors (Lipinski definition) is 8. The molecule has 5 rings (SSSR count). The largest absolute Gasteiger partial charge is 0.367 e. The van der Waals surface area contributed by atoms with Gasteiger partial charge in [0.05, 0.1) is 12.6 Å². The third kappa shape index (κ3) is 3.48. The predicted molar refractivity (Wildman–Crippen MR) is 105 cm³/mol. The molecule has 0 aromatic carbocycles. The van der Waals surface area contributed by atoms with Crippen molar-refractivity contribution >= 4 is 41.1 Å². The lowest BCUT2D eigenvalue weighted by Crippen LogP contribution is -2.19. The van der Waals surface area contributed by atoms with Gasteiger partial charge in [0.1, 0.15) is 23.7 Å². The van der Waals surface area contributed by atoms with Crippen LogP contribution in [0.25, 0.3) is 11.7 Å². The zero-order chi connectivity index (χ0) is 20.7. The summed E-state index contributed by atoms with van der Waals surface area (Å²) in [4.78, 5) is 48.1. The molecule has 0 bridgehead atoms. The van der Waals surface area contributed by atoms with Gasteiger partial charge in [0.15, 0.2) is 5.65 Å². The maximum atomic E-state index is 12.5. The van der Waals surface area contributed by atoms with E-state index in [0.717, 1.165) is 12.8 Å². The number of aromatic nitrogens is 5. The van der Waals surface area contributed by atoms with E-state index in [1.165, 1.54) is 18.6 Å². The number of hydrogen-bond donors (Lipinski definition) is 3. The van der Waals surface area contributed by atoms with Crippen molar-refractivity contribution in [2.24, 2.45) is 0 Å². The lowest BCUT2D eigenvalue weighted by Gasteiger charge is -2.11. The van der Waals surface area contributed by atoms with E-state index in [4.69, 9.17) is 0 Å². The summed E-state index contributed by atoms with van der Waals surface area (Å²) < 4.78 is 1.61. The Morgan fingerprint density at radius 3 is 2.87 bits per heavy atom. The van der Waals surface area contributed by atoms with Crippen molar-refractivity contribution in [3.05, 3.63) is 47.7 Å². The van der Waals surface area contributed by atoms with Crippen LogP contribution < -0.4 is 16.0 Å². The molecule has 4 heterocycles. The number of carbonyl (C=O) groups excluding carboxylic acids is 3. The second kappa shape index (κ2) is 7.03. The Morgan fingerprint density at radius 1 is 1.30 bits per heavy atom. The van der Waals surface area contributed by atoms with Crippen LogP contribution in [0.15, 0.2) is 36.4 Å². The number of nitrogens with zero attached hydrogens (tertiary/aromatic N) is 5. The van der Waals surface area contributed by atoms with Crippen molar-refractivity contribution in [2.75, 3.05) is 10.6 Å². The normalized spacial score (nSPS) is 17.4. The van der Waals surface area contributed by atoms with Crippen molar-refractivity contribution < 1.29 is 14.4 Å². The molecule has 11 nitrogen and oxygen atoms in total. The molecule has 0 atom stereocenters. The van der Waals surface area contributed by atoms with Crippen LogP contribution in [0.4, 0.5) is 11.6 Å². The summed E-state index contributed by atoms with van der Waals surface area (Å²) in [5.41, 5.74) is 1.55. The SMILES string of the molecule is O=C1C/C(=C\c2cnn3c(NC4CC4)cc(NC(=O)c4ccncn4)nc23)C(=O)N1. The van der Waals surface area contributed by atoms with Crippen molar-refractivity contribution in [3.63, 3.8) is 0 Å². The number of rotatable bonds is 5. The van der Waals surface area contributed by atoms with E-state index >= 15 is 0 Å². The van der Waals surface area contributed by atoms with Crippen LogP contribution in [-0.4, -0.2) is 48.3 Å². The molecular formula is C19H16N8O3. The fourth-order valence-corrected chi connectivity index (χ4v) is 3.10. The summed E-state index contributed by atoms with van der Waals surface area (Å²) in [6.07, 6.45) is 8.04. The summed E-state index contributed by atoms with van der Waals surface area (Å²) >= 11 is 0. The van der Waals surface area contributed by atoms with E-state index in [-0.39, 0.29) is 18.0 Å². The first-order valence-corrected chi connectivity index (χ1v) is 9.34. The Labute approximate surface area is 169 Å². The van der Waals surface area contributed by atoms with Gasteiger partial charge >= 0.3 is 0 Å². The van der Waals surface area contributed by atoms with Gasteiger partial charge in [-0.3, -0.25) is 19.7 Å². The molecule has 1 saturated carbocycles. The summed E-state index contributed by atoms with van der Waals surface area (Å²) in [6.45, 7) is 0. The van der Waals surface area contributed by atoms with Gasteiger partial charge in [0.2, 0.25) is 5.91 Å². The molecule has 0 radical (unpaired) electrons. The van der Waals surface area contributed by atoms with Gasteiger partial charge in [0.25, 0.3) is 11.8 Å². The molecule has 1 aliphatic heterocycles. The third-order valence-electron chi connectivity index (χ3n) is 4.71. The molecular weight excluding hydrogens is 388 g/mol. The third-order valence-corrected chi connectivity index (χ3v) is 4.71. The van der Waals surface area contributed by atoms with Crippen molar-refractivity contribution in [3.8, 4) is 0 Å². The minimum absolute atomic E-state index is 0.00743. The van der Waals surface area contributed by atoms with Gasteiger partial charge < -0.3 is 10.6 Å². The molecule has 11 heteroatoms. The minimum atomic E-state index is -0.427. The fraction of sp³-hybridized carbons (Fsp3) is 0.211. The van der Waals surface area contributed by atoms with E-state index in [2.05, 4.69) is 36.0 Å². The van der Waals surface area contributed by atoms with Crippen LogP contribution in [-0.2, 0) is 9.59 Å². The van der Waals surface area contributed by atoms with E-state index in [1.807, 2.05) is 0 Å². The minimum Gasteiger partial charge on any atom is -0.367 e. The lowest BCUT2D eigenvalue weighted by molar-refractivity contribution is -0.124. The van der Waals surface area contributed by atoms with Crippen LogP contribution >= 0.6 is 0 Å². The van der Waals surface area contributed by atoms with Gasteiger partial charge in [-0.25, -0.2) is 15.0 Å². The van der Waals surface area contributed by atoms with Gasteiger partial charge in [-0.05, 0) is 25.0 Å². The van der Waals surface area contributed by atoms with E-state index in [1.54, 1.807) is 22.9 Å². The zero-order valence-corrected chi connectivity index (χ0v) is 15.6. The lowest BCUT2D eigenvalue weighted by atomic mass is 10.1. The van der Waals surface area contributed by atoms with Crippen LogP contribution in [0.1, 0.15) is 35.3 Å². The summed E-state index contributed by atoms with van der Waals surface area (Å²) in [6, 6.07) is 3.53. The second-order valence-electron chi connectivity index (χ2n) is 7.05. The number of nitrogens with one attached hydrogen (secondary N) is 3. The topological polar surface area (TPSA) is 143 Å². The summed E-state index contributed by atoms with van der Waals surface area (Å²) in [7, 11) is 0. The van der Waals surface area contributed by atoms with E-state index in [9.17, 15) is 14.4 Å². The summed E-state index contributed by atoms with van der Waals surface area (Å²) in [5.74, 6) is -0.223. The number of imide groups is 1. The highest BCUT2D eigenvalue weighted by molar-refractivity contribution is 6.15. The predicted octanol–water partition coefficient (Wildman–Crippen LogP) is 0.776. The second-order valence-corrected chi connectivity index (χ2v) is 7.05. The monoisotopic (exact) mass is 404 g/mol. The molecule has 3 aromatic heterocycles. The standard InChI is InChI=1S/C19H16N8O3/c28-16-6-10(18(29)26-16)5-11-8-22-27-15(23-12-1-2-12)7-14(24-17(11)27)25-19(30)13-3-4-20-9-21-13/h3-5,7-9,12,23H,1-2,6H2,(H,24,25,30)(H,26,28,29)/b10-5+. The van der Waals surface area contributed by atoms with Crippen LogP contribution in [0.3, 0.4) is 0 Å². The van der Waals surface area contributed by atoms with Crippen LogP contribution in [0.5, 0.6) is 0 Å². The molecule has 2 fully saturated rings. The Morgan fingerprint density at radius 2 is 2.17 bits per heavy atom. The molecule has 1 saturated heterocycles. The number of amides is 3. The quantitative estimate of drug-likeness (QED) is 0.418. The maximum absolute atomic E-state index is 12.5. The molecule has 0 spiro atoms. The number of fused-ring (bicyclic) bond motifs is 1. The highest BCUT2D eigenvalue weighted by Gasteiger charge is 2.26. The Kier molecular flexibility index (Phi) is 4.20. The first-order chi connectivity index (χ1) is 14.6.